The number of benzene rings is 9. The molecule has 0 spiro atoms. The van der Waals surface area contributed by atoms with Crippen molar-refractivity contribution < 1.29 is 8.83 Å². The van der Waals surface area contributed by atoms with Gasteiger partial charge < -0.3 is 13.7 Å². The molecule has 0 fully saturated rings. The third-order valence-corrected chi connectivity index (χ3v) is 11.1. The summed E-state index contributed by atoms with van der Waals surface area (Å²) < 4.78 is 13.7. The average Bonchev–Trinajstić information content (AvgIpc) is 3.87. The Kier molecular flexibility index (Phi) is 7.82. The predicted octanol–water partition coefficient (Wildman–Crippen LogP) is 15.6. The van der Waals surface area contributed by atoms with E-state index in [1.54, 1.807) is 0 Å². The highest BCUT2D eigenvalue weighted by atomic mass is 16.3. The van der Waals surface area contributed by atoms with Crippen LogP contribution in [0.25, 0.3) is 88.4 Å². The van der Waals surface area contributed by atoms with Gasteiger partial charge in [-0.2, -0.15) is 0 Å². The summed E-state index contributed by atoms with van der Waals surface area (Å²) in [7, 11) is 0. The van der Waals surface area contributed by atoms with Crippen molar-refractivity contribution in [1.82, 2.24) is 0 Å². The standard InChI is InChI=1S/C54H35NO2/c1-5-17-36(18-6-1)40-31-32-45-50(35-40)56-49-30-16-28-46(51(45)49)55(53-41(37-19-7-2-8-20-37)26-15-27-42(53)38-21-9-3-10-22-38)47-34-33-43(39-23-11-4-12-24-39)54-52(47)44-25-13-14-29-48(44)57-54/h1-35H. The molecule has 0 saturated heterocycles. The largest absolute Gasteiger partial charge is 0.456 e. The Bertz CT molecular complexity index is 3160. The molecular weight excluding hydrogens is 695 g/mol. The van der Waals surface area contributed by atoms with Crippen molar-refractivity contribution in [1.29, 1.82) is 0 Å². The molecule has 0 radical (unpaired) electrons. The third-order valence-electron chi connectivity index (χ3n) is 11.1. The number of hydrogen-bond donors (Lipinski definition) is 0. The molecule has 0 bridgehead atoms. The quantitative estimate of drug-likeness (QED) is 0.164. The molecule has 0 aliphatic rings. The first kappa shape index (κ1) is 32.8. The summed E-state index contributed by atoms with van der Waals surface area (Å²) in [5.74, 6) is 0. The van der Waals surface area contributed by atoms with Gasteiger partial charge >= 0.3 is 0 Å². The van der Waals surface area contributed by atoms with Crippen LogP contribution >= 0.6 is 0 Å². The van der Waals surface area contributed by atoms with Gasteiger partial charge in [-0.05, 0) is 70.3 Å². The van der Waals surface area contributed by atoms with Crippen LogP contribution in [0.4, 0.5) is 17.1 Å². The number of para-hydroxylation sites is 2. The Morgan fingerprint density at radius 1 is 0.298 bits per heavy atom. The molecule has 57 heavy (non-hydrogen) atoms. The Labute approximate surface area is 330 Å². The maximum atomic E-state index is 6.88. The van der Waals surface area contributed by atoms with Crippen molar-refractivity contribution in [2.75, 3.05) is 4.90 Å². The molecule has 0 aliphatic carbocycles. The van der Waals surface area contributed by atoms with Gasteiger partial charge in [0.2, 0.25) is 0 Å². The van der Waals surface area contributed by atoms with Crippen molar-refractivity contribution in [3.05, 3.63) is 212 Å². The lowest BCUT2D eigenvalue weighted by Gasteiger charge is -2.31. The van der Waals surface area contributed by atoms with E-state index in [1.807, 2.05) is 12.1 Å². The molecule has 0 amide bonds. The van der Waals surface area contributed by atoms with E-state index in [9.17, 15) is 0 Å². The van der Waals surface area contributed by atoms with Gasteiger partial charge in [0, 0.05) is 27.5 Å². The summed E-state index contributed by atoms with van der Waals surface area (Å²) in [4.78, 5) is 2.46. The van der Waals surface area contributed by atoms with Gasteiger partial charge in [0.15, 0.2) is 0 Å². The first-order chi connectivity index (χ1) is 28.3. The fourth-order valence-corrected chi connectivity index (χ4v) is 8.50. The number of nitrogens with zero attached hydrogens (tertiary/aromatic N) is 1. The Balaban J connectivity index is 1.29. The van der Waals surface area contributed by atoms with Gasteiger partial charge in [-0.25, -0.2) is 0 Å². The second kappa shape index (κ2) is 13.6. The minimum atomic E-state index is 0.824. The van der Waals surface area contributed by atoms with E-state index in [1.165, 1.54) is 0 Å². The Morgan fingerprint density at radius 2 is 0.825 bits per heavy atom. The van der Waals surface area contributed by atoms with Gasteiger partial charge in [0.05, 0.1) is 27.8 Å². The molecule has 9 aromatic carbocycles. The van der Waals surface area contributed by atoms with Crippen molar-refractivity contribution >= 4 is 60.9 Å². The molecule has 0 N–H and O–H groups in total. The highest BCUT2D eigenvalue weighted by molar-refractivity contribution is 6.21. The maximum absolute atomic E-state index is 6.88. The normalized spacial score (nSPS) is 11.5. The van der Waals surface area contributed by atoms with Crippen LogP contribution in [-0.2, 0) is 0 Å². The van der Waals surface area contributed by atoms with Crippen LogP contribution in [0.15, 0.2) is 221 Å². The second-order valence-electron chi connectivity index (χ2n) is 14.4. The highest BCUT2D eigenvalue weighted by Gasteiger charge is 2.28. The van der Waals surface area contributed by atoms with Gasteiger partial charge in [-0.1, -0.05) is 170 Å². The summed E-state index contributed by atoms with van der Waals surface area (Å²) in [6.07, 6.45) is 0. The molecule has 3 nitrogen and oxygen atoms in total. The molecule has 2 aromatic heterocycles. The summed E-state index contributed by atoms with van der Waals surface area (Å²) >= 11 is 0. The van der Waals surface area contributed by atoms with Crippen LogP contribution in [0.1, 0.15) is 0 Å². The molecule has 11 aromatic rings. The molecule has 11 rings (SSSR count). The van der Waals surface area contributed by atoms with Crippen LogP contribution < -0.4 is 4.90 Å². The molecule has 0 saturated carbocycles. The second-order valence-corrected chi connectivity index (χ2v) is 14.4. The lowest BCUT2D eigenvalue weighted by molar-refractivity contribution is 0.669. The topological polar surface area (TPSA) is 29.5 Å². The van der Waals surface area contributed by atoms with E-state index in [-0.39, 0.29) is 0 Å². The van der Waals surface area contributed by atoms with Gasteiger partial charge in [-0.3, -0.25) is 0 Å². The number of furan rings is 2. The number of rotatable bonds is 7. The summed E-state index contributed by atoms with van der Waals surface area (Å²) in [5.41, 5.74) is 15.3. The first-order valence-electron chi connectivity index (χ1n) is 19.3. The minimum Gasteiger partial charge on any atom is -0.456 e. The van der Waals surface area contributed by atoms with Crippen molar-refractivity contribution in [3.63, 3.8) is 0 Å². The zero-order valence-corrected chi connectivity index (χ0v) is 31.0. The molecule has 2 heterocycles. The monoisotopic (exact) mass is 729 g/mol. The molecule has 0 unspecified atom stereocenters. The van der Waals surface area contributed by atoms with E-state index in [2.05, 4.69) is 205 Å². The van der Waals surface area contributed by atoms with Crippen molar-refractivity contribution in [2.45, 2.75) is 0 Å². The molecule has 0 aliphatic heterocycles. The van der Waals surface area contributed by atoms with Gasteiger partial charge in [-0.15, -0.1) is 0 Å². The van der Waals surface area contributed by atoms with E-state index in [0.29, 0.717) is 0 Å². The fourth-order valence-electron chi connectivity index (χ4n) is 8.50. The highest BCUT2D eigenvalue weighted by Crippen LogP contribution is 2.53. The van der Waals surface area contributed by atoms with Gasteiger partial charge in [0.25, 0.3) is 0 Å². The van der Waals surface area contributed by atoms with Crippen LogP contribution in [0.3, 0.4) is 0 Å². The van der Waals surface area contributed by atoms with E-state index in [0.717, 1.165) is 105 Å². The minimum absolute atomic E-state index is 0.824. The SMILES string of the molecule is c1ccc(-c2ccc3c(c2)oc2cccc(N(c4c(-c5ccccc5)cccc4-c4ccccc4)c4ccc(-c5ccccc5)c5oc6ccccc6c45)c23)cc1. The Hall–Kier alpha value is -7.62. The van der Waals surface area contributed by atoms with Crippen LogP contribution in [0, 0.1) is 0 Å². The summed E-state index contributed by atoms with van der Waals surface area (Å²) in [6.45, 7) is 0. The summed E-state index contributed by atoms with van der Waals surface area (Å²) in [5, 5.41) is 4.20. The van der Waals surface area contributed by atoms with E-state index in [4.69, 9.17) is 8.83 Å². The van der Waals surface area contributed by atoms with E-state index < -0.39 is 0 Å². The number of fused-ring (bicyclic) bond motifs is 6. The van der Waals surface area contributed by atoms with E-state index >= 15 is 0 Å². The predicted molar refractivity (Wildman–Crippen MR) is 237 cm³/mol. The third kappa shape index (κ3) is 5.51. The fraction of sp³-hybridized carbons (Fsp3) is 0. The Morgan fingerprint density at radius 3 is 1.49 bits per heavy atom. The van der Waals surface area contributed by atoms with Crippen molar-refractivity contribution in [3.8, 4) is 44.5 Å². The zero-order chi connectivity index (χ0) is 37.7. The van der Waals surface area contributed by atoms with Crippen LogP contribution in [0.5, 0.6) is 0 Å². The lowest BCUT2D eigenvalue weighted by Crippen LogP contribution is -2.13. The maximum Gasteiger partial charge on any atom is 0.145 e. The summed E-state index contributed by atoms with van der Waals surface area (Å²) in [6, 6.07) is 75.0. The smallest absolute Gasteiger partial charge is 0.145 e. The first-order valence-corrected chi connectivity index (χ1v) is 19.3. The zero-order valence-electron chi connectivity index (χ0n) is 31.0. The number of hydrogen-bond acceptors (Lipinski definition) is 3. The van der Waals surface area contributed by atoms with Gasteiger partial charge in [0.1, 0.15) is 22.3 Å². The average molecular weight is 730 g/mol. The van der Waals surface area contributed by atoms with Crippen LogP contribution in [-0.4, -0.2) is 0 Å². The van der Waals surface area contributed by atoms with Crippen LogP contribution in [0.2, 0.25) is 0 Å². The molecule has 268 valence electrons. The molecule has 0 atom stereocenters. The molecular formula is C54H35NO2. The number of anilines is 3. The lowest BCUT2D eigenvalue weighted by atomic mass is 9.93. The molecule has 3 heteroatoms. The van der Waals surface area contributed by atoms with Crippen molar-refractivity contribution in [2.24, 2.45) is 0 Å².